The number of hydrogen-bond acceptors (Lipinski definition) is 2. The maximum Gasteiger partial charge on any atom is 0.333 e. The molecule has 0 amide bonds. The van der Waals surface area contributed by atoms with E-state index in [0.717, 1.165) is 0 Å². The molecule has 0 aromatic heterocycles. The third-order valence-corrected chi connectivity index (χ3v) is 1.87. The van der Waals surface area contributed by atoms with Gasteiger partial charge in [-0.15, -0.1) is 0 Å². The number of carbonyl (C=O) groups excluding carboxylic acids is 1. The molecule has 0 N–H and O–H groups in total. The van der Waals surface area contributed by atoms with Crippen LogP contribution in [0.15, 0.2) is 23.3 Å². The van der Waals surface area contributed by atoms with Crippen molar-refractivity contribution in [2.24, 2.45) is 0 Å². The van der Waals surface area contributed by atoms with Gasteiger partial charge in [-0.2, -0.15) is 0 Å². The predicted molar refractivity (Wildman–Crippen MR) is 47.7 cm³/mol. The molecule has 0 spiro atoms. The van der Waals surface area contributed by atoms with Crippen molar-refractivity contribution in [1.29, 1.82) is 0 Å². The Balaban J connectivity index is 2.30. The van der Waals surface area contributed by atoms with Crippen molar-refractivity contribution >= 4 is 5.97 Å². The van der Waals surface area contributed by atoms with Gasteiger partial charge in [-0.1, -0.05) is 12.2 Å². The molecule has 1 rings (SSSR count). The number of hydrogen-bond donors (Lipinski definition) is 0. The van der Waals surface area contributed by atoms with Crippen molar-refractivity contribution in [3.05, 3.63) is 23.3 Å². The molecule has 0 radical (unpaired) electrons. The minimum Gasteiger partial charge on any atom is -0.458 e. The Labute approximate surface area is 72.9 Å². The monoisotopic (exact) mass is 166 g/mol. The Bertz CT molecular complexity index is 243. The molecular formula is C10H14O2. The first-order valence-electron chi connectivity index (χ1n) is 4.11. The lowest BCUT2D eigenvalue weighted by Crippen LogP contribution is -2.06. The summed E-state index contributed by atoms with van der Waals surface area (Å²) in [7, 11) is 0. The van der Waals surface area contributed by atoms with Gasteiger partial charge in [0.25, 0.3) is 0 Å². The lowest BCUT2D eigenvalue weighted by molar-refractivity contribution is -0.137. The van der Waals surface area contributed by atoms with Gasteiger partial charge in [0.2, 0.25) is 0 Å². The van der Waals surface area contributed by atoms with Crippen molar-refractivity contribution in [1.82, 2.24) is 0 Å². The van der Waals surface area contributed by atoms with E-state index in [0.29, 0.717) is 12.2 Å². The van der Waals surface area contributed by atoms with Gasteiger partial charge in [0.1, 0.15) is 6.61 Å². The molecule has 0 aromatic rings. The van der Waals surface area contributed by atoms with Crippen LogP contribution in [0.3, 0.4) is 0 Å². The first-order chi connectivity index (χ1) is 5.61. The standard InChI is InChI=1S/C10H14O2/c1-7(2)10(11)12-6-8(3)9-4-5-9/h1,4-6H2,2-3H3. The van der Waals surface area contributed by atoms with Gasteiger partial charge in [-0.3, -0.25) is 0 Å². The first-order valence-corrected chi connectivity index (χ1v) is 4.11. The topological polar surface area (TPSA) is 26.3 Å². The summed E-state index contributed by atoms with van der Waals surface area (Å²) < 4.78 is 4.97. The first kappa shape index (κ1) is 9.04. The fourth-order valence-electron chi connectivity index (χ4n) is 0.888. The van der Waals surface area contributed by atoms with Gasteiger partial charge in [0.15, 0.2) is 0 Å². The van der Waals surface area contributed by atoms with Crippen molar-refractivity contribution in [2.75, 3.05) is 6.61 Å². The molecule has 0 aromatic carbocycles. The van der Waals surface area contributed by atoms with Gasteiger partial charge in [-0.25, -0.2) is 4.79 Å². The van der Waals surface area contributed by atoms with Gasteiger partial charge >= 0.3 is 5.97 Å². The fraction of sp³-hybridized carbons (Fsp3) is 0.500. The summed E-state index contributed by atoms with van der Waals surface area (Å²) >= 11 is 0. The van der Waals surface area contributed by atoms with Crippen molar-refractivity contribution in [3.63, 3.8) is 0 Å². The van der Waals surface area contributed by atoms with E-state index in [-0.39, 0.29) is 5.97 Å². The number of allylic oxidation sites excluding steroid dienone is 1. The second-order valence-corrected chi connectivity index (χ2v) is 3.24. The summed E-state index contributed by atoms with van der Waals surface area (Å²) in [5.74, 6) is -0.296. The molecule has 0 heterocycles. The highest BCUT2D eigenvalue weighted by Crippen LogP contribution is 2.31. The van der Waals surface area contributed by atoms with Crippen LogP contribution in [-0.4, -0.2) is 12.6 Å². The summed E-state index contributed by atoms with van der Waals surface area (Å²) in [6, 6.07) is 0. The van der Waals surface area contributed by atoms with Gasteiger partial charge in [-0.05, 0) is 32.3 Å². The van der Waals surface area contributed by atoms with E-state index in [1.807, 2.05) is 6.92 Å². The molecule has 66 valence electrons. The van der Waals surface area contributed by atoms with Crippen LogP contribution < -0.4 is 0 Å². The average molecular weight is 166 g/mol. The van der Waals surface area contributed by atoms with E-state index in [1.54, 1.807) is 6.92 Å². The third kappa shape index (κ3) is 2.53. The molecule has 0 atom stereocenters. The average Bonchev–Trinajstić information content (AvgIpc) is 2.81. The largest absolute Gasteiger partial charge is 0.458 e. The second-order valence-electron chi connectivity index (χ2n) is 3.24. The normalized spacial score (nSPS) is 14.0. The van der Waals surface area contributed by atoms with E-state index in [9.17, 15) is 4.79 Å². The lowest BCUT2D eigenvalue weighted by atomic mass is 10.3. The molecule has 1 fully saturated rings. The smallest absolute Gasteiger partial charge is 0.333 e. The Kier molecular flexibility index (Phi) is 2.69. The molecule has 2 nitrogen and oxygen atoms in total. The predicted octanol–water partition coefficient (Wildman–Crippen LogP) is 2.22. The molecule has 0 bridgehead atoms. The quantitative estimate of drug-likeness (QED) is 0.365. The summed E-state index contributed by atoms with van der Waals surface area (Å²) in [4.78, 5) is 10.9. The summed E-state index contributed by atoms with van der Waals surface area (Å²) in [5, 5.41) is 0. The zero-order chi connectivity index (χ0) is 9.14. The highest BCUT2D eigenvalue weighted by molar-refractivity contribution is 5.87. The number of carbonyl (C=O) groups is 1. The second kappa shape index (κ2) is 3.57. The maximum absolute atomic E-state index is 10.9. The molecule has 12 heavy (non-hydrogen) atoms. The van der Waals surface area contributed by atoms with Gasteiger partial charge < -0.3 is 4.74 Å². The molecule has 0 saturated heterocycles. The highest BCUT2D eigenvalue weighted by Gasteiger charge is 2.15. The van der Waals surface area contributed by atoms with E-state index < -0.39 is 0 Å². The fourth-order valence-corrected chi connectivity index (χ4v) is 0.888. The minimum atomic E-state index is -0.296. The van der Waals surface area contributed by atoms with E-state index in [1.165, 1.54) is 24.0 Å². The van der Waals surface area contributed by atoms with Crippen LogP contribution in [0.25, 0.3) is 0 Å². The molecular weight excluding hydrogens is 152 g/mol. The Morgan fingerprint density at radius 1 is 1.50 bits per heavy atom. The third-order valence-electron chi connectivity index (χ3n) is 1.87. The Hall–Kier alpha value is -1.05. The molecule has 2 heteroatoms. The van der Waals surface area contributed by atoms with E-state index in [4.69, 9.17) is 4.74 Å². The lowest BCUT2D eigenvalue weighted by Gasteiger charge is -2.03. The number of rotatable bonds is 3. The van der Waals surface area contributed by atoms with Gasteiger partial charge in [0.05, 0.1) is 0 Å². The molecule has 0 unspecified atom stereocenters. The zero-order valence-electron chi connectivity index (χ0n) is 7.64. The summed E-state index contributed by atoms with van der Waals surface area (Å²) in [5.41, 5.74) is 3.10. The van der Waals surface area contributed by atoms with E-state index >= 15 is 0 Å². The molecule has 1 saturated carbocycles. The Morgan fingerprint density at radius 2 is 2.08 bits per heavy atom. The summed E-state index contributed by atoms with van der Waals surface area (Å²) in [6.45, 7) is 7.60. The van der Waals surface area contributed by atoms with Crippen LogP contribution in [0.4, 0.5) is 0 Å². The molecule has 0 aliphatic heterocycles. The maximum atomic E-state index is 10.9. The van der Waals surface area contributed by atoms with Crippen LogP contribution in [0, 0.1) is 0 Å². The molecule has 1 aliphatic carbocycles. The van der Waals surface area contributed by atoms with Crippen molar-refractivity contribution < 1.29 is 9.53 Å². The highest BCUT2D eigenvalue weighted by atomic mass is 16.5. The SMILES string of the molecule is C=C(C)C(=O)OCC(C)=C1CC1. The molecule has 1 aliphatic rings. The number of ether oxygens (including phenoxy) is 1. The van der Waals surface area contributed by atoms with Crippen molar-refractivity contribution in [2.45, 2.75) is 26.7 Å². The van der Waals surface area contributed by atoms with Crippen LogP contribution in [0.5, 0.6) is 0 Å². The Morgan fingerprint density at radius 3 is 2.50 bits per heavy atom. The zero-order valence-corrected chi connectivity index (χ0v) is 7.64. The van der Waals surface area contributed by atoms with Crippen LogP contribution in [0.1, 0.15) is 26.7 Å². The van der Waals surface area contributed by atoms with Crippen LogP contribution in [-0.2, 0) is 9.53 Å². The minimum absolute atomic E-state index is 0.296. The summed E-state index contributed by atoms with van der Waals surface area (Å²) in [6.07, 6.45) is 2.35. The number of esters is 1. The van der Waals surface area contributed by atoms with Gasteiger partial charge in [0, 0.05) is 5.57 Å². The van der Waals surface area contributed by atoms with Crippen LogP contribution in [0.2, 0.25) is 0 Å². The van der Waals surface area contributed by atoms with Crippen molar-refractivity contribution in [3.8, 4) is 0 Å². The van der Waals surface area contributed by atoms with E-state index in [2.05, 4.69) is 6.58 Å². The van der Waals surface area contributed by atoms with Crippen LogP contribution >= 0.6 is 0 Å².